The first-order valence-electron chi connectivity index (χ1n) is 10.2. The van der Waals surface area contributed by atoms with Crippen LogP contribution in [0.5, 0.6) is 0 Å². The molecule has 0 aromatic heterocycles. The molecule has 1 aliphatic heterocycles. The molecule has 0 bridgehead atoms. The molecule has 0 spiro atoms. The van der Waals surface area contributed by atoms with Crippen LogP contribution >= 0.6 is 0 Å². The van der Waals surface area contributed by atoms with E-state index < -0.39 is 45.2 Å². The molecule has 4 atom stereocenters. The SMILES string of the molecule is C[Si](C)(C)OC[C@]1(O)OC[C@@H](O[Si](C)(C)C)[C@@H](O[Si](C)(C)C)[C@@H]1O[Si](C)(C)C. The molecule has 168 valence electrons. The Morgan fingerprint density at radius 3 is 1.61 bits per heavy atom. The summed E-state index contributed by atoms with van der Waals surface area (Å²) in [7, 11) is -7.62. The standard InChI is InChI=1S/C18H44O6Si4/c1-25(2,3)21-14-18(19)17(24-28(10,11)12)16(23-27(7,8)9)15(13-20-18)22-26(4,5)6/h15-17,19H,13-14H2,1-12H3/t15-,16-,17+,18+/m1/s1. The Labute approximate surface area is 176 Å². The van der Waals surface area contributed by atoms with E-state index in [2.05, 4.69) is 78.6 Å². The molecule has 1 aliphatic rings. The van der Waals surface area contributed by atoms with Crippen LogP contribution in [-0.4, -0.2) is 75.7 Å². The quantitative estimate of drug-likeness (QED) is 0.511. The molecule has 0 amide bonds. The third-order valence-corrected chi connectivity index (χ3v) is 7.75. The first-order valence-corrected chi connectivity index (χ1v) is 23.9. The lowest BCUT2D eigenvalue weighted by atomic mass is 9.97. The van der Waals surface area contributed by atoms with Gasteiger partial charge in [0.25, 0.3) is 0 Å². The molecule has 0 radical (unpaired) electrons. The van der Waals surface area contributed by atoms with E-state index >= 15 is 0 Å². The number of hydrogen-bond donors (Lipinski definition) is 1. The van der Waals surface area contributed by atoms with Gasteiger partial charge in [0.2, 0.25) is 5.79 Å². The van der Waals surface area contributed by atoms with E-state index in [4.69, 9.17) is 22.4 Å². The first kappa shape index (κ1) is 26.7. The zero-order valence-electron chi connectivity index (χ0n) is 20.1. The van der Waals surface area contributed by atoms with Gasteiger partial charge in [-0.2, -0.15) is 0 Å². The van der Waals surface area contributed by atoms with Crippen molar-refractivity contribution >= 4 is 33.3 Å². The minimum atomic E-state index is -2.01. The van der Waals surface area contributed by atoms with Gasteiger partial charge < -0.3 is 27.5 Å². The fourth-order valence-electron chi connectivity index (χ4n) is 2.94. The normalized spacial score (nSPS) is 30.5. The van der Waals surface area contributed by atoms with Crippen molar-refractivity contribution in [2.24, 2.45) is 0 Å². The van der Waals surface area contributed by atoms with Gasteiger partial charge in [0.1, 0.15) is 12.2 Å². The molecule has 0 aliphatic carbocycles. The van der Waals surface area contributed by atoms with Gasteiger partial charge in [-0.3, -0.25) is 0 Å². The van der Waals surface area contributed by atoms with Gasteiger partial charge >= 0.3 is 0 Å². The second-order valence-electron chi connectivity index (χ2n) is 11.7. The lowest BCUT2D eigenvalue weighted by Gasteiger charge is -2.51. The molecule has 10 heteroatoms. The molecule has 0 unspecified atom stereocenters. The monoisotopic (exact) mass is 468 g/mol. The molecule has 0 saturated carbocycles. The van der Waals surface area contributed by atoms with E-state index in [0.717, 1.165) is 0 Å². The largest absolute Gasteiger partial charge is 0.412 e. The summed E-state index contributed by atoms with van der Waals surface area (Å²) >= 11 is 0. The molecule has 0 aromatic rings. The van der Waals surface area contributed by atoms with Gasteiger partial charge in [0.15, 0.2) is 33.3 Å². The summed E-state index contributed by atoms with van der Waals surface area (Å²) in [6.45, 7) is 25.9. The maximum absolute atomic E-state index is 11.5. The Balaban J connectivity index is 3.29. The molecule has 6 nitrogen and oxygen atoms in total. The highest BCUT2D eigenvalue weighted by Gasteiger charge is 2.55. The van der Waals surface area contributed by atoms with Crippen molar-refractivity contribution in [3.05, 3.63) is 0 Å². The molecule has 1 N–H and O–H groups in total. The number of hydrogen-bond acceptors (Lipinski definition) is 6. The summed E-state index contributed by atoms with van der Waals surface area (Å²) in [6, 6.07) is 0. The van der Waals surface area contributed by atoms with E-state index in [1.54, 1.807) is 0 Å². The topological polar surface area (TPSA) is 66.4 Å². The van der Waals surface area contributed by atoms with Crippen LogP contribution in [0.25, 0.3) is 0 Å². The molecule has 1 heterocycles. The third kappa shape index (κ3) is 9.62. The van der Waals surface area contributed by atoms with Crippen LogP contribution in [-0.2, 0) is 22.4 Å². The Kier molecular flexibility index (Phi) is 8.58. The number of rotatable bonds is 9. The van der Waals surface area contributed by atoms with Crippen molar-refractivity contribution in [2.75, 3.05) is 13.2 Å². The molecule has 1 rings (SSSR count). The second kappa shape index (κ2) is 9.01. The maximum atomic E-state index is 11.5. The minimum absolute atomic E-state index is 0.0864. The third-order valence-electron chi connectivity index (χ3n) is 3.79. The lowest BCUT2D eigenvalue weighted by molar-refractivity contribution is -0.320. The highest BCUT2D eigenvalue weighted by Crippen LogP contribution is 2.35. The van der Waals surface area contributed by atoms with Crippen LogP contribution in [0.1, 0.15) is 0 Å². The van der Waals surface area contributed by atoms with E-state index in [0.29, 0.717) is 0 Å². The average molecular weight is 469 g/mol. The summed E-state index contributed by atoms with van der Waals surface area (Å²) in [4.78, 5) is 0. The van der Waals surface area contributed by atoms with E-state index in [1.165, 1.54) is 0 Å². The van der Waals surface area contributed by atoms with Crippen LogP contribution in [0.2, 0.25) is 78.6 Å². The zero-order valence-corrected chi connectivity index (χ0v) is 24.1. The van der Waals surface area contributed by atoms with Crippen LogP contribution in [0.15, 0.2) is 0 Å². The van der Waals surface area contributed by atoms with Crippen molar-refractivity contribution in [1.82, 2.24) is 0 Å². The highest BCUT2D eigenvalue weighted by atomic mass is 28.4. The fraction of sp³-hybridized carbons (Fsp3) is 1.00. The van der Waals surface area contributed by atoms with Gasteiger partial charge in [-0.25, -0.2) is 0 Å². The Morgan fingerprint density at radius 2 is 1.21 bits per heavy atom. The zero-order chi connectivity index (χ0) is 22.2. The summed E-state index contributed by atoms with van der Waals surface area (Å²) in [6.07, 6.45) is -1.28. The number of ether oxygens (including phenoxy) is 1. The second-order valence-corrected chi connectivity index (χ2v) is 29.6. The van der Waals surface area contributed by atoms with Crippen molar-refractivity contribution in [2.45, 2.75) is 103 Å². The van der Waals surface area contributed by atoms with Crippen LogP contribution in [0.4, 0.5) is 0 Å². The fourth-order valence-corrected chi connectivity index (χ4v) is 6.86. The van der Waals surface area contributed by atoms with Gasteiger partial charge in [-0.05, 0) is 78.6 Å². The lowest BCUT2D eigenvalue weighted by Crippen LogP contribution is -2.69. The Hall–Kier alpha value is 0.628. The maximum Gasteiger partial charge on any atom is 0.216 e. The van der Waals surface area contributed by atoms with Crippen molar-refractivity contribution in [3.8, 4) is 0 Å². The summed E-state index contributed by atoms with van der Waals surface area (Å²) in [5, 5.41) is 11.5. The predicted molar refractivity (Wildman–Crippen MR) is 125 cm³/mol. The van der Waals surface area contributed by atoms with Gasteiger partial charge in [0.05, 0.1) is 19.3 Å². The summed E-state index contributed by atoms with van der Waals surface area (Å²) in [5.41, 5.74) is 0. The summed E-state index contributed by atoms with van der Waals surface area (Å²) in [5.74, 6) is -1.54. The molecule has 1 saturated heterocycles. The molecular formula is C18H44O6Si4. The average Bonchev–Trinajstić information content (AvgIpc) is 2.40. The van der Waals surface area contributed by atoms with E-state index in [1.807, 2.05) is 0 Å². The van der Waals surface area contributed by atoms with Crippen LogP contribution < -0.4 is 0 Å². The molecular weight excluding hydrogens is 425 g/mol. The van der Waals surface area contributed by atoms with Gasteiger partial charge in [-0.15, -0.1) is 0 Å². The molecule has 0 aromatic carbocycles. The van der Waals surface area contributed by atoms with Crippen molar-refractivity contribution in [3.63, 3.8) is 0 Å². The number of aliphatic hydroxyl groups is 1. The predicted octanol–water partition coefficient (Wildman–Crippen LogP) is 4.22. The Morgan fingerprint density at radius 1 is 0.750 bits per heavy atom. The Bertz CT molecular complexity index is 506. The van der Waals surface area contributed by atoms with E-state index in [-0.39, 0.29) is 25.4 Å². The molecule has 1 fully saturated rings. The minimum Gasteiger partial charge on any atom is -0.412 e. The van der Waals surface area contributed by atoms with Crippen molar-refractivity contribution in [1.29, 1.82) is 0 Å². The van der Waals surface area contributed by atoms with Gasteiger partial charge in [-0.1, -0.05) is 0 Å². The van der Waals surface area contributed by atoms with Crippen LogP contribution in [0.3, 0.4) is 0 Å². The van der Waals surface area contributed by atoms with Gasteiger partial charge in [0, 0.05) is 0 Å². The van der Waals surface area contributed by atoms with Crippen LogP contribution in [0, 0.1) is 0 Å². The highest BCUT2D eigenvalue weighted by molar-refractivity contribution is 6.71. The summed E-state index contributed by atoms with van der Waals surface area (Å²) < 4.78 is 31.6. The molecule has 28 heavy (non-hydrogen) atoms. The first-order chi connectivity index (χ1) is 12.2. The van der Waals surface area contributed by atoms with Crippen molar-refractivity contribution < 1.29 is 27.5 Å². The smallest absolute Gasteiger partial charge is 0.216 e. The van der Waals surface area contributed by atoms with E-state index in [9.17, 15) is 5.11 Å².